The van der Waals surface area contributed by atoms with Crippen LogP contribution < -0.4 is 20.7 Å². The summed E-state index contributed by atoms with van der Waals surface area (Å²) in [5.41, 5.74) is -0.0595. The smallest absolute Gasteiger partial charge is 0.344 e. The van der Waals surface area contributed by atoms with Crippen LogP contribution in [0.25, 0.3) is 33.1 Å². The lowest BCUT2D eigenvalue weighted by Gasteiger charge is -2.09. The number of ether oxygens (including phenoxy) is 2. The van der Waals surface area contributed by atoms with Crippen LogP contribution in [0.2, 0.25) is 0 Å². The lowest BCUT2D eigenvalue weighted by Crippen LogP contribution is -2.07. The molecule has 2 aromatic heterocycles. The van der Waals surface area contributed by atoms with Gasteiger partial charge in [0, 0.05) is 28.5 Å². The van der Waals surface area contributed by atoms with Crippen molar-refractivity contribution in [3.8, 4) is 22.6 Å². The highest BCUT2D eigenvalue weighted by Crippen LogP contribution is 2.31. The van der Waals surface area contributed by atoms with Crippen LogP contribution >= 0.6 is 0 Å². The van der Waals surface area contributed by atoms with E-state index in [1.165, 1.54) is 19.2 Å². The number of hydrogen-bond donors (Lipinski definition) is 1. The van der Waals surface area contributed by atoms with E-state index in [1.807, 2.05) is 0 Å². The van der Waals surface area contributed by atoms with E-state index in [1.54, 1.807) is 36.4 Å². The van der Waals surface area contributed by atoms with Crippen LogP contribution in [-0.2, 0) is 0 Å². The van der Waals surface area contributed by atoms with Crippen molar-refractivity contribution < 1.29 is 23.4 Å². The van der Waals surface area contributed by atoms with E-state index in [2.05, 4.69) is 6.58 Å². The van der Waals surface area contributed by atoms with Crippen molar-refractivity contribution in [2.75, 3.05) is 13.7 Å². The van der Waals surface area contributed by atoms with Gasteiger partial charge in [-0.2, -0.15) is 0 Å². The molecule has 2 aromatic carbocycles. The zero-order valence-electron chi connectivity index (χ0n) is 15.4. The predicted octanol–water partition coefficient (Wildman–Crippen LogP) is 4.03. The molecule has 0 saturated heterocycles. The Morgan fingerprint density at radius 2 is 1.90 bits per heavy atom. The monoisotopic (exact) mass is 392 g/mol. The molecule has 146 valence electrons. The minimum absolute atomic E-state index is 0.0917. The standard InChI is InChI=1S/C22H16O7/c1-12(23)11-27-14-6-7-15-16(10-20(24)28-19(15)9-14)17-8-13-4-3-5-18(26-2)21(13)29-22(17)25/h3-10,23H,1,11H2,2H3. The van der Waals surface area contributed by atoms with E-state index >= 15 is 0 Å². The van der Waals surface area contributed by atoms with Crippen molar-refractivity contribution in [3.63, 3.8) is 0 Å². The largest absolute Gasteiger partial charge is 0.509 e. The van der Waals surface area contributed by atoms with Gasteiger partial charge in [-0.1, -0.05) is 18.7 Å². The highest BCUT2D eigenvalue weighted by Gasteiger charge is 2.15. The molecule has 0 aliphatic heterocycles. The molecule has 2 heterocycles. The molecule has 4 rings (SSSR count). The summed E-state index contributed by atoms with van der Waals surface area (Å²) in [5, 5.41) is 10.4. The second-order valence-electron chi connectivity index (χ2n) is 6.32. The highest BCUT2D eigenvalue weighted by atomic mass is 16.5. The van der Waals surface area contributed by atoms with Crippen molar-refractivity contribution in [1.82, 2.24) is 0 Å². The molecule has 4 aromatic rings. The zero-order chi connectivity index (χ0) is 20.5. The van der Waals surface area contributed by atoms with Gasteiger partial charge in [0.1, 0.15) is 23.7 Å². The molecular weight excluding hydrogens is 376 g/mol. The molecule has 0 bridgehead atoms. The van der Waals surface area contributed by atoms with Crippen molar-refractivity contribution in [2.24, 2.45) is 0 Å². The van der Waals surface area contributed by atoms with Crippen molar-refractivity contribution in [2.45, 2.75) is 0 Å². The Morgan fingerprint density at radius 3 is 2.66 bits per heavy atom. The fraction of sp³-hybridized carbons (Fsp3) is 0.0909. The molecule has 0 aliphatic rings. The molecule has 7 nitrogen and oxygen atoms in total. The minimum Gasteiger partial charge on any atom is -0.509 e. The Labute approximate surface area is 164 Å². The van der Waals surface area contributed by atoms with Crippen LogP contribution in [-0.4, -0.2) is 18.8 Å². The lowest BCUT2D eigenvalue weighted by molar-refractivity contribution is 0.272. The van der Waals surface area contributed by atoms with E-state index in [0.717, 1.165) is 0 Å². The highest BCUT2D eigenvalue weighted by molar-refractivity contribution is 5.96. The summed E-state index contributed by atoms with van der Waals surface area (Å²) in [7, 11) is 1.49. The first kappa shape index (κ1) is 18.4. The van der Waals surface area contributed by atoms with Crippen LogP contribution in [0.3, 0.4) is 0 Å². The summed E-state index contributed by atoms with van der Waals surface area (Å²) < 4.78 is 21.3. The first-order valence-electron chi connectivity index (χ1n) is 8.65. The van der Waals surface area contributed by atoms with Gasteiger partial charge >= 0.3 is 11.3 Å². The average Bonchev–Trinajstić information content (AvgIpc) is 2.70. The van der Waals surface area contributed by atoms with E-state index in [4.69, 9.17) is 18.3 Å². The Balaban J connectivity index is 1.91. The molecule has 7 heteroatoms. The Hall–Kier alpha value is -4.00. The molecule has 0 radical (unpaired) electrons. The number of para-hydroxylation sites is 1. The van der Waals surface area contributed by atoms with Gasteiger partial charge in [0.05, 0.1) is 12.7 Å². The number of hydrogen-bond acceptors (Lipinski definition) is 7. The number of benzene rings is 2. The third kappa shape index (κ3) is 3.45. The van der Waals surface area contributed by atoms with Crippen LogP contribution in [0.15, 0.2) is 79.3 Å². The second-order valence-corrected chi connectivity index (χ2v) is 6.32. The van der Waals surface area contributed by atoms with Gasteiger partial charge in [0.25, 0.3) is 0 Å². The van der Waals surface area contributed by atoms with E-state index in [9.17, 15) is 14.7 Å². The zero-order valence-corrected chi connectivity index (χ0v) is 15.4. The molecule has 0 fully saturated rings. The molecule has 0 unspecified atom stereocenters. The van der Waals surface area contributed by atoms with E-state index in [0.29, 0.717) is 33.4 Å². The Bertz CT molecular complexity index is 1360. The first-order chi connectivity index (χ1) is 14.0. The molecular formula is C22H16O7. The fourth-order valence-electron chi connectivity index (χ4n) is 3.09. The van der Waals surface area contributed by atoms with E-state index < -0.39 is 11.3 Å². The molecule has 0 amide bonds. The summed E-state index contributed by atoms with van der Waals surface area (Å²) in [6.07, 6.45) is 0. The molecule has 1 N–H and O–H groups in total. The summed E-state index contributed by atoms with van der Waals surface area (Å²) in [6, 6.07) is 13.0. The molecule has 29 heavy (non-hydrogen) atoms. The number of rotatable bonds is 5. The minimum atomic E-state index is -0.624. The summed E-state index contributed by atoms with van der Waals surface area (Å²) >= 11 is 0. The van der Waals surface area contributed by atoms with Gasteiger partial charge in [-0.25, -0.2) is 9.59 Å². The summed E-state index contributed by atoms with van der Waals surface area (Å²) in [6.45, 7) is 3.26. The van der Waals surface area contributed by atoms with Gasteiger partial charge in [0.15, 0.2) is 11.3 Å². The molecule has 0 spiro atoms. The van der Waals surface area contributed by atoms with E-state index in [-0.39, 0.29) is 23.5 Å². The lowest BCUT2D eigenvalue weighted by atomic mass is 10.0. The third-order valence-corrected chi connectivity index (χ3v) is 4.36. The van der Waals surface area contributed by atoms with Gasteiger partial charge in [0.2, 0.25) is 0 Å². The first-order valence-corrected chi connectivity index (χ1v) is 8.65. The second kappa shape index (κ2) is 7.20. The number of aliphatic hydroxyl groups is 1. The molecule has 0 saturated carbocycles. The molecule has 0 atom stereocenters. The predicted molar refractivity (Wildman–Crippen MR) is 108 cm³/mol. The van der Waals surface area contributed by atoms with Crippen molar-refractivity contribution in [3.05, 3.63) is 81.7 Å². The van der Waals surface area contributed by atoms with Crippen molar-refractivity contribution in [1.29, 1.82) is 0 Å². The molecule has 0 aliphatic carbocycles. The maximum Gasteiger partial charge on any atom is 0.344 e. The van der Waals surface area contributed by atoms with Crippen LogP contribution in [0.4, 0.5) is 0 Å². The maximum atomic E-state index is 12.7. The third-order valence-electron chi connectivity index (χ3n) is 4.36. The topological polar surface area (TPSA) is 99.1 Å². The Morgan fingerprint density at radius 1 is 1.07 bits per heavy atom. The SMILES string of the molecule is C=C(O)COc1ccc2c(-c3cc4cccc(OC)c4oc3=O)cc(=O)oc2c1. The fourth-order valence-corrected chi connectivity index (χ4v) is 3.09. The number of aliphatic hydroxyl groups excluding tert-OH is 1. The number of fused-ring (bicyclic) bond motifs is 2. The summed E-state index contributed by atoms with van der Waals surface area (Å²) in [5.74, 6) is 0.684. The normalized spacial score (nSPS) is 10.9. The van der Waals surface area contributed by atoms with Gasteiger partial charge in [-0.3, -0.25) is 0 Å². The maximum absolute atomic E-state index is 12.7. The van der Waals surface area contributed by atoms with Crippen molar-refractivity contribution >= 4 is 21.9 Å². The van der Waals surface area contributed by atoms with Gasteiger partial charge in [-0.15, -0.1) is 0 Å². The quantitative estimate of drug-likeness (QED) is 0.404. The van der Waals surface area contributed by atoms with Crippen LogP contribution in [0, 0.1) is 0 Å². The van der Waals surface area contributed by atoms with Crippen LogP contribution in [0.5, 0.6) is 11.5 Å². The Kier molecular flexibility index (Phi) is 4.56. The number of methoxy groups -OCH3 is 1. The van der Waals surface area contributed by atoms with Gasteiger partial charge in [-0.05, 0) is 24.3 Å². The van der Waals surface area contributed by atoms with Crippen LogP contribution in [0.1, 0.15) is 0 Å². The summed E-state index contributed by atoms with van der Waals surface area (Å²) in [4.78, 5) is 24.8. The van der Waals surface area contributed by atoms with Gasteiger partial charge < -0.3 is 23.4 Å². The average molecular weight is 392 g/mol.